The van der Waals surface area contributed by atoms with Gasteiger partial charge in [-0.3, -0.25) is 4.79 Å². The summed E-state index contributed by atoms with van der Waals surface area (Å²) < 4.78 is 0. The Labute approximate surface area is 132 Å². The Morgan fingerprint density at radius 2 is 1.45 bits per heavy atom. The molecule has 120 valence electrons. The largest absolute Gasteiger partial charge is 0.480 e. The van der Waals surface area contributed by atoms with Gasteiger partial charge in [0.1, 0.15) is 6.04 Å². The maximum Gasteiger partial charge on any atom is 0.321 e. The Morgan fingerprint density at radius 3 is 1.95 bits per heavy atom. The summed E-state index contributed by atoms with van der Waals surface area (Å²) >= 11 is 0. The molecular formula is C15H31NO2S2. The molecule has 3 N–H and O–H groups in total. The lowest BCUT2D eigenvalue weighted by molar-refractivity contribution is -0.137. The molecule has 0 rings (SSSR count). The summed E-state index contributed by atoms with van der Waals surface area (Å²) in [7, 11) is 3.33. The van der Waals surface area contributed by atoms with Crippen molar-refractivity contribution >= 4 is 27.6 Å². The molecule has 0 saturated carbocycles. The second kappa shape index (κ2) is 15.5. The molecular weight excluding hydrogens is 290 g/mol. The van der Waals surface area contributed by atoms with Crippen LogP contribution in [0.25, 0.3) is 0 Å². The minimum atomic E-state index is -0.906. The molecule has 0 aromatic carbocycles. The first kappa shape index (κ1) is 20.1. The van der Waals surface area contributed by atoms with Crippen LogP contribution in [0.1, 0.15) is 71.1 Å². The van der Waals surface area contributed by atoms with E-state index in [-0.39, 0.29) is 0 Å². The predicted molar refractivity (Wildman–Crippen MR) is 92.4 cm³/mol. The van der Waals surface area contributed by atoms with Crippen LogP contribution in [0, 0.1) is 0 Å². The van der Waals surface area contributed by atoms with Crippen LogP contribution in [0.15, 0.2) is 0 Å². The Balaban J connectivity index is 3.04. The molecule has 5 heteroatoms. The van der Waals surface area contributed by atoms with Gasteiger partial charge in [0.25, 0.3) is 0 Å². The number of hydrogen-bond acceptors (Lipinski definition) is 4. The molecule has 0 radical (unpaired) electrons. The Kier molecular flexibility index (Phi) is 15.6. The number of carbonyl (C=O) groups is 1. The highest BCUT2D eigenvalue weighted by atomic mass is 33.1. The zero-order chi connectivity index (χ0) is 15.1. The van der Waals surface area contributed by atoms with Gasteiger partial charge < -0.3 is 10.8 Å². The van der Waals surface area contributed by atoms with E-state index in [1.807, 2.05) is 0 Å². The molecule has 0 spiro atoms. The van der Waals surface area contributed by atoms with Crippen LogP contribution in [0.2, 0.25) is 0 Å². The van der Waals surface area contributed by atoms with Crippen LogP contribution in [-0.4, -0.2) is 28.6 Å². The lowest BCUT2D eigenvalue weighted by Gasteiger charge is -2.05. The zero-order valence-corrected chi connectivity index (χ0v) is 14.4. The van der Waals surface area contributed by atoms with Gasteiger partial charge in [0.2, 0.25) is 0 Å². The van der Waals surface area contributed by atoms with E-state index in [2.05, 4.69) is 6.92 Å². The molecule has 20 heavy (non-hydrogen) atoms. The average molecular weight is 322 g/mol. The van der Waals surface area contributed by atoms with Crippen LogP contribution >= 0.6 is 21.6 Å². The quantitative estimate of drug-likeness (QED) is 0.338. The van der Waals surface area contributed by atoms with Crippen molar-refractivity contribution in [3.8, 4) is 0 Å². The van der Waals surface area contributed by atoms with Gasteiger partial charge in [0, 0.05) is 11.5 Å². The summed E-state index contributed by atoms with van der Waals surface area (Å²) in [5.74, 6) is 0.697. The summed E-state index contributed by atoms with van der Waals surface area (Å²) in [6, 6.07) is -0.722. The minimum absolute atomic E-state index is 0.498. The number of carboxylic acid groups (broad SMARTS) is 1. The Morgan fingerprint density at radius 1 is 0.950 bits per heavy atom. The smallest absolute Gasteiger partial charge is 0.321 e. The molecule has 0 amide bonds. The number of carboxylic acids is 1. The molecule has 0 bridgehead atoms. The molecule has 0 aromatic heterocycles. The van der Waals surface area contributed by atoms with Crippen molar-refractivity contribution in [3.63, 3.8) is 0 Å². The third-order valence-electron chi connectivity index (χ3n) is 3.23. The van der Waals surface area contributed by atoms with Crippen LogP contribution in [0.5, 0.6) is 0 Å². The molecule has 1 atom stereocenters. The third-order valence-corrected chi connectivity index (χ3v) is 5.75. The first-order chi connectivity index (χ1) is 9.68. The summed E-state index contributed by atoms with van der Waals surface area (Å²) in [5, 5.41) is 8.63. The van der Waals surface area contributed by atoms with Crippen molar-refractivity contribution in [1.29, 1.82) is 0 Å². The highest BCUT2D eigenvalue weighted by Gasteiger charge is 2.10. The molecule has 0 aliphatic carbocycles. The van der Waals surface area contributed by atoms with E-state index in [1.165, 1.54) is 64.2 Å². The van der Waals surface area contributed by atoms with Gasteiger partial charge in [-0.2, -0.15) is 0 Å². The highest BCUT2D eigenvalue weighted by Crippen LogP contribution is 2.23. The van der Waals surface area contributed by atoms with Crippen LogP contribution in [0.4, 0.5) is 0 Å². The summed E-state index contributed by atoms with van der Waals surface area (Å²) in [4.78, 5) is 10.5. The van der Waals surface area contributed by atoms with Crippen molar-refractivity contribution in [2.75, 3.05) is 11.5 Å². The summed E-state index contributed by atoms with van der Waals surface area (Å²) in [5.41, 5.74) is 5.42. The molecule has 3 nitrogen and oxygen atoms in total. The number of unbranched alkanes of at least 4 members (excludes halogenated alkanes) is 9. The van der Waals surface area contributed by atoms with E-state index < -0.39 is 12.0 Å². The van der Waals surface area contributed by atoms with E-state index in [9.17, 15) is 4.79 Å². The number of hydrogen-bond donors (Lipinski definition) is 2. The van der Waals surface area contributed by atoms with Gasteiger partial charge in [0.05, 0.1) is 0 Å². The number of rotatable bonds is 15. The highest BCUT2D eigenvalue weighted by molar-refractivity contribution is 8.76. The predicted octanol–water partition coefficient (Wildman–Crippen LogP) is 4.70. The average Bonchev–Trinajstić information content (AvgIpc) is 2.43. The molecule has 0 aliphatic rings. The number of nitrogens with two attached hydrogens (primary N) is 1. The standard InChI is InChI=1S/C15H31NO2S2/c1-2-3-4-5-6-7-8-9-10-11-12-19-20-13-14(16)15(17)18/h14H,2-13,16H2,1H3,(H,17,18)/t14-/m0/s1. The van der Waals surface area contributed by atoms with Crippen LogP contribution in [0.3, 0.4) is 0 Å². The lowest BCUT2D eigenvalue weighted by Crippen LogP contribution is -2.32. The van der Waals surface area contributed by atoms with E-state index in [4.69, 9.17) is 10.8 Å². The van der Waals surface area contributed by atoms with E-state index in [1.54, 1.807) is 21.6 Å². The molecule has 0 fully saturated rings. The third kappa shape index (κ3) is 14.5. The molecule has 0 aromatic rings. The topological polar surface area (TPSA) is 63.3 Å². The fourth-order valence-electron chi connectivity index (χ4n) is 1.90. The van der Waals surface area contributed by atoms with Gasteiger partial charge in [0.15, 0.2) is 0 Å². The van der Waals surface area contributed by atoms with Crippen molar-refractivity contribution in [2.24, 2.45) is 5.73 Å². The van der Waals surface area contributed by atoms with Gasteiger partial charge in [-0.15, -0.1) is 0 Å². The number of aliphatic carboxylic acids is 1. The fourth-order valence-corrected chi connectivity index (χ4v) is 4.16. The van der Waals surface area contributed by atoms with Crippen molar-refractivity contribution in [1.82, 2.24) is 0 Å². The van der Waals surface area contributed by atoms with Gasteiger partial charge in [-0.05, 0) is 6.42 Å². The van der Waals surface area contributed by atoms with Crippen molar-refractivity contribution in [3.05, 3.63) is 0 Å². The molecule has 0 saturated heterocycles. The Bertz CT molecular complexity index is 228. The monoisotopic (exact) mass is 321 g/mol. The summed E-state index contributed by atoms with van der Waals surface area (Å²) in [6.45, 7) is 2.26. The second-order valence-corrected chi connectivity index (χ2v) is 7.86. The second-order valence-electron chi connectivity index (χ2n) is 5.23. The first-order valence-electron chi connectivity index (χ1n) is 7.91. The van der Waals surface area contributed by atoms with Crippen LogP contribution in [-0.2, 0) is 4.79 Å². The maximum atomic E-state index is 10.5. The van der Waals surface area contributed by atoms with E-state index >= 15 is 0 Å². The maximum absolute atomic E-state index is 10.5. The van der Waals surface area contributed by atoms with E-state index in [0.717, 1.165) is 5.75 Å². The molecule has 0 heterocycles. The minimum Gasteiger partial charge on any atom is -0.480 e. The van der Waals surface area contributed by atoms with Gasteiger partial charge in [-0.25, -0.2) is 0 Å². The van der Waals surface area contributed by atoms with Crippen molar-refractivity contribution < 1.29 is 9.90 Å². The van der Waals surface area contributed by atoms with Crippen molar-refractivity contribution in [2.45, 2.75) is 77.2 Å². The van der Waals surface area contributed by atoms with Gasteiger partial charge >= 0.3 is 5.97 Å². The van der Waals surface area contributed by atoms with Gasteiger partial charge in [-0.1, -0.05) is 86.3 Å². The van der Waals surface area contributed by atoms with E-state index in [0.29, 0.717) is 5.75 Å². The normalized spacial score (nSPS) is 12.5. The first-order valence-corrected chi connectivity index (χ1v) is 10.4. The summed E-state index contributed by atoms with van der Waals surface area (Å²) in [6.07, 6.45) is 13.6. The molecule has 0 aliphatic heterocycles. The zero-order valence-electron chi connectivity index (χ0n) is 12.8. The van der Waals surface area contributed by atoms with Crippen LogP contribution < -0.4 is 5.73 Å². The molecule has 0 unspecified atom stereocenters. The Hall–Kier alpha value is 0.130. The lowest BCUT2D eigenvalue weighted by atomic mass is 10.1. The SMILES string of the molecule is CCCCCCCCCCCCSSC[C@H](N)C(=O)O. The fraction of sp³-hybridized carbons (Fsp3) is 0.933.